The lowest BCUT2D eigenvalue weighted by molar-refractivity contribution is 0.0632. The fourth-order valence-corrected chi connectivity index (χ4v) is 2.56. The van der Waals surface area contributed by atoms with Gasteiger partial charge in [-0.25, -0.2) is 0 Å². The highest BCUT2D eigenvalue weighted by molar-refractivity contribution is 5.91. The zero-order chi connectivity index (χ0) is 20.7. The maximum absolute atomic E-state index is 11.8. The van der Waals surface area contributed by atoms with Crippen LogP contribution in [-0.4, -0.2) is 85.2 Å². The smallest absolute Gasteiger partial charge is 0.289 e. The molecule has 27 heavy (non-hydrogen) atoms. The molecule has 0 saturated carbocycles. The maximum Gasteiger partial charge on any atom is 0.289 e. The third-order valence-corrected chi connectivity index (χ3v) is 4.21. The van der Waals surface area contributed by atoms with Crippen LogP contribution >= 0.6 is 0 Å². The Labute approximate surface area is 166 Å². The number of piperazine rings is 1. The van der Waals surface area contributed by atoms with E-state index in [9.17, 15) is 4.79 Å². The Hall–Kier alpha value is -1.37. The number of nitrogens with zero attached hydrogens (tertiary/aromatic N) is 3. The molecule has 0 spiro atoms. The van der Waals surface area contributed by atoms with Crippen molar-refractivity contribution in [2.45, 2.75) is 53.1 Å². The minimum atomic E-state index is -0.0220. The molecular formula is C21H41N3O3. The summed E-state index contributed by atoms with van der Waals surface area (Å²) in [5, 5.41) is 9.00. The van der Waals surface area contributed by atoms with Crippen LogP contribution in [0.3, 0.4) is 0 Å². The molecule has 6 heteroatoms. The summed E-state index contributed by atoms with van der Waals surface area (Å²) in [5.41, 5.74) is 0. The number of piperidine rings is 1. The van der Waals surface area contributed by atoms with Crippen molar-refractivity contribution in [3.63, 3.8) is 0 Å². The van der Waals surface area contributed by atoms with Gasteiger partial charge in [0.2, 0.25) is 0 Å². The first kappa shape index (κ1) is 25.6. The SMILES string of the molecule is CC.CCC.CN1CCC(O)CC1.CN1CCN(C(=O)c2ccco2)CC1. The van der Waals surface area contributed by atoms with Crippen molar-refractivity contribution in [3.05, 3.63) is 24.2 Å². The number of hydrogen-bond acceptors (Lipinski definition) is 5. The molecule has 3 rings (SSSR count). The predicted molar refractivity (Wildman–Crippen MR) is 112 cm³/mol. The molecular weight excluding hydrogens is 342 g/mol. The molecule has 1 N–H and O–H groups in total. The van der Waals surface area contributed by atoms with Crippen molar-refractivity contribution >= 4 is 5.91 Å². The van der Waals surface area contributed by atoms with Gasteiger partial charge < -0.3 is 24.2 Å². The van der Waals surface area contributed by atoms with Gasteiger partial charge >= 0.3 is 0 Å². The Morgan fingerprint density at radius 2 is 1.52 bits per heavy atom. The molecule has 2 aliphatic heterocycles. The minimum Gasteiger partial charge on any atom is -0.459 e. The lowest BCUT2D eigenvalue weighted by atomic mass is 10.1. The molecule has 2 aliphatic rings. The molecule has 0 aliphatic carbocycles. The highest BCUT2D eigenvalue weighted by Gasteiger charge is 2.21. The van der Waals surface area contributed by atoms with Gasteiger partial charge in [-0.3, -0.25) is 4.79 Å². The summed E-state index contributed by atoms with van der Waals surface area (Å²) in [6.07, 6.45) is 4.67. The highest BCUT2D eigenvalue weighted by atomic mass is 16.3. The average Bonchev–Trinajstić information content (AvgIpc) is 3.22. The molecule has 0 atom stereocenters. The fourth-order valence-electron chi connectivity index (χ4n) is 2.56. The Balaban J connectivity index is 0.000000442. The molecule has 2 saturated heterocycles. The number of aliphatic hydroxyl groups is 1. The summed E-state index contributed by atoms with van der Waals surface area (Å²) < 4.78 is 5.07. The standard InChI is InChI=1S/C10H14N2O2.C6H13NO.C3H8.C2H6/c1-11-4-6-12(7-5-11)10(13)9-3-2-8-14-9;1-7-4-2-6(8)3-5-7;1-3-2;1-2/h2-3,8H,4-7H2,1H3;6,8H,2-5H2,1H3;3H2,1-2H3;1-2H3. The molecule has 3 heterocycles. The van der Waals surface area contributed by atoms with Crippen molar-refractivity contribution in [1.82, 2.24) is 14.7 Å². The Kier molecular flexibility index (Phi) is 14.9. The van der Waals surface area contributed by atoms with Crippen molar-refractivity contribution in [3.8, 4) is 0 Å². The lowest BCUT2D eigenvalue weighted by Gasteiger charge is -2.31. The van der Waals surface area contributed by atoms with Crippen LogP contribution < -0.4 is 0 Å². The van der Waals surface area contributed by atoms with Crippen molar-refractivity contribution in [2.24, 2.45) is 0 Å². The van der Waals surface area contributed by atoms with E-state index < -0.39 is 0 Å². The van der Waals surface area contributed by atoms with Crippen LogP contribution in [0.2, 0.25) is 0 Å². The van der Waals surface area contributed by atoms with E-state index in [1.165, 1.54) is 12.7 Å². The first-order valence-corrected chi connectivity index (χ1v) is 10.4. The molecule has 1 aromatic heterocycles. The number of rotatable bonds is 1. The quantitative estimate of drug-likeness (QED) is 0.807. The number of carbonyl (C=O) groups excluding carboxylic acids is 1. The van der Waals surface area contributed by atoms with Crippen molar-refractivity contribution < 1.29 is 14.3 Å². The van der Waals surface area contributed by atoms with E-state index in [1.54, 1.807) is 12.1 Å². The van der Waals surface area contributed by atoms with Gasteiger partial charge in [0.15, 0.2) is 5.76 Å². The summed E-state index contributed by atoms with van der Waals surface area (Å²) >= 11 is 0. The molecule has 0 bridgehead atoms. The van der Waals surface area contributed by atoms with Crippen LogP contribution in [-0.2, 0) is 0 Å². The Morgan fingerprint density at radius 3 is 1.93 bits per heavy atom. The van der Waals surface area contributed by atoms with Crippen LogP contribution in [0.4, 0.5) is 0 Å². The Morgan fingerprint density at radius 1 is 1.04 bits per heavy atom. The van der Waals surface area contributed by atoms with Crippen molar-refractivity contribution in [2.75, 3.05) is 53.4 Å². The molecule has 6 nitrogen and oxygen atoms in total. The van der Waals surface area contributed by atoms with E-state index in [2.05, 4.69) is 37.7 Å². The van der Waals surface area contributed by atoms with E-state index in [1.807, 2.05) is 18.7 Å². The van der Waals surface area contributed by atoms with E-state index in [4.69, 9.17) is 9.52 Å². The average molecular weight is 384 g/mol. The fraction of sp³-hybridized carbons (Fsp3) is 0.762. The predicted octanol–water partition coefficient (Wildman–Crippen LogP) is 3.18. The number of amides is 1. The first-order valence-electron chi connectivity index (χ1n) is 10.4. The number of likely N-dealkylation sites (tertiary alicyclic amines) is 1. The minimum absolute atomic E-state index is 0.00287. The van der Waals surface area contributed by atoms with E-state index in [-0.39, 0.29) is 12.0 Å². The van der Waals surface area contributed by atoms with Crippen LogP contribution in [0.5, 0.6) is 0 Å². The summed E-state index contributed by atoms with van der Waals surface area (Å²) in [4.78, 5) is 18.1. The highest BCUT2D eigenvalue weighted by Crippen LogP contribution is 2.08. The monoisotopic (exact) mass is 383 g/mol. The number of carbonyl (C=O) groups is 1. The van der Waals surface area contributed by atoms with Gasteiger partial charge in [-0.05, 0) is 39.1 Å². The molecule has 158 valence electrons. The van der Waals surface area contributed by atoms with Gasteiger partial charge in [0, 0.05) is 39.3 Å². The summed E-state index contributed by atoms with van der Waals surface area (Å²) in [5.74, 6) is 0.442. The summed E-state index contributed by atoms with van der Waals surface area (Å²) in [6.45, 7) is 13.8. The zero-order valence-corrected chi connectivity index (χ0v) is 18.3. The third-order valence-electron chi connectivity index (χ3n) is 4.21. The van der Waals surface area contributed by atoms with Crippen molar-refractivity contribution in [1.29, 1.82) is 0 Å². The van der Waals surface area contributed by atoms with Crippen LogP contribution in [0, 0.1) is 0 Å². The molecule has 0 unspecified atom stereocenters. The van der Waals surface area contributed by atoms with E-state index in [0.29, 0.717) is 5.76 Å². The normalized spacial score (nSPS) is 18.3. The van der Waals surface area contributed by atoms with Gasteiger partial charge in [0.05, 0.1) is 12.4 Å². The van der Waals surface area contributed by atoms with E-state index in [0.717, 1.165) is 52.1 Å². The van der Waals surface area contributed by atoms with Gasteiger partial charge in [-0.2, -0.15) is 0 Å². The van der Waals surface area contributed by atoms with Gasteiger partial charge in [0.1, 0.15) is 0 Å². The van der Waals surface area contributed by atoms with Gasteiger partial charge in [-0.1, -0.05) is 34.1 Å². The van der Waals surface area contributed by atoms with Crippen LogP contribution in [0.25, 0.3) is 0 Å². The number of likely N-dealkylation sites (N-methyl/N-ethyl adjacent to an activating group) is 1. The zero-order valence-electron chi connectivity index (χ0n) is 18.3. The van der Waals surface area contributed by atoms with Gasteiger partial charge in [0.25, 0.3) is 5.91 Å². The van der Waals surface area contributed by atoms with E-state index >= 15 is 0 Å². The second kappa shape index (κ2) is 15.7. The number of aliphatic hydroxyl groups excluding tert-OH is 1. The molecule has 1 aromatic rings. The molecule has 0 aromatic carbocycles. The lowest BCUT2D eigenvalue weighted by Crippen LogP contribution is -2.47. The second-order valence-electron chi connectivity index (χ2n) is 6.81. The summed E-state index contributed by atoms with van der Waals surface area (Å²) in [7, 11) is 4.15. The Bertz CT molecular complexity index is 439. The number of furan rings is 1. The summed E-state index contributed by atoms with van der Waals surface area (Å²) in [6, 6.07) is 3.45. The number of hydrogen-bond donors (Lipinski definition) is 1. The third kappa shape index (κ3) is 11.2. The second-order valence-corrected chi connectivity index (χ2v) is 6.81. The van der Waals surface area contributed by atoms with Crippen LogP contribution in [0.15, 0.2) is 22.8 Å². The van der Waals surface area contributed by atoms with Gasteiger partial charge in [-0.15, -0.1) is 0 Å². The largest absolute Gasteiger partial charge is 0.459 e. The molecule has 2 fully saturated rings. The molecule has 0 radical (unpaired) electrons. The van der Waals surface area contributed by atoms with Crippen LogP contribution in [0.1, 0.15) is 57.5 Å². The molecule has 1 amide bonds. The topological polar surface area (TPSA) is 60.2 Å². The maximum atomic E-state index is 11.8. The first-order chi connectivity index (χ1) is 13.0.